The highest BCUT2D eigenvalue weighted by atomic mass is 35.5. The molecule has 0 fully saturated rings. The minimum Gasteiger partial charge on any atom is -0.322 e. The van der Waals surface area contributed by atoms with Crippen LogP contribution in [0.3, 0.4) is 0 Å². The van der Waals surface area contributed by atoms with Crippen LogP contribution in [0.1, 0.15) is 27.6 Å². The third-order valence-corrected chi connectivity index (χ3v) is 6.62. The molecule has 3 aromatic carbocycles. The van der Waals surface area contributed by atoms with Crippen LogP contribution in [-0.2, 0) is 10.0 Å². The van der Waals surface area contributed by atoms with Crippen molar-refractivity contribution < 1.29 is 18.0 Å². The van der Waals surface area contributed by atoms with Crippen molar-refractivity contribution in [1.29, 1.82) is 0 Å². The summed E-state index contributed by atoms with van der Waals surface area (Å²) in [5.41, 5.74) is 1.28. The van der Waals surface area contributed by atoms with Gasteiger partial charge in [-0.1, -0.05) is 41.9 Å². The largest absolute Gasteiger partial charge is 0.322 e. The molecule has 154 valence electrons. The van der Waals surface area contributed by atoms with E-state index in [9.17, 15) is 18.0 Å². The van der Waals surface area contributed by atoms with Crippen molar-refractivity contribution in [3.8, 4) is 0 Å². The number of hydrogen-bond acceptors (Lipinski definition) is 4. The second-order valence-corrected chi connectivity index (χ2v) is 8.92. The van der Waals surface area contributed by atoms with Crippen molar-refractivity contribution >= 4 is 44.7 Å². The van der Waals surface area contributed by atoms with E-state index in [0.717, 1.165) is 4.31 Å². The molecule has 0 radical (unpaired) electrons. The standard InChI is InChI=1S/C22H19ClN2O4S/c1-15(26)16-7-6-8-17(13-16)24-22(27)20-14-18(11-12-21(20)23)25(2)30(28,29)19-9-4-3-5-10-19/h3-14H,1-2H3,(H,24,27). The summed E-state index contributed by atoms with van der Waals surface area (Å²) in [4.78, 5) is 24.4. The normalized spacial score (nSPS) is 11.0. The number of nitrogens with zero attached hydrogens (tertiary/aromatic N) is 1. The maximum absolute atomic E-state index is 12.9. The lowest BCUT2D eigenvalue weighted by molar-refractivity contribution is 0.101. The first-order chi connectivity index (χ1) is 14.2. The number of amides is 1. The van der Waals surface area contributed by atoms with E-state index in [1.807, 2.05) is 0 Å². The van der Waals surface area contributed by atoms with Crippen molar-refractivity contribution in [2.45, 2.75) is 11.8 Å². The number of ketones is 1. The molecule has 0 saturated carbocycles. The van der Waals surface area contributed by atoms with Crippen LogP contribution in [0.2, 0.25) is 5.02 Å². The molecule has 0 aromatic heterocycles. The lowest BCUT2D eigenvalue weighted by Crippen LogP contribution is -2.27. The molecule has 8 heteroatoms. The van der Waals surface area contributed by atoms with Gasteiger partial charge in [0.1, 0.15) is 0 Å². The van der Waals surface area contributed by atoms with Gasteiger partial charge in [-0.2, -0.15) is 0 Å². The van der Waals surface area contributed by atoms with Crippen molar-refractivity contribution in [3.05, 3.63) is 88.9 Å². The minimum absolute atomic E-state index is 0.109. The third kappa shape index (κ3) is 4.53. The number of halogens is 1. The van der Waals surface area contributed by atoms with Gasteiger partial charge in [0.15, 0.2) is 5.78 Å². The van der Waals surface area contributed by atoms with Crippen LogP contribution in [0, 0.1) is 0 Å². The Morgan fingerprint density at radius 1 is 0.933 bits per heavy atom. The molecule has 6 nitrogen and oxygen atoms in total. The lowest BCUT2D eigenvalue weighted by Gasteiger charge is -2.20. The van der Waals surface area contributed by atoms with Gasteiger partial charge in [-0.05, 0) is 49.4 Å². The van der Waals surface area contributed by atoms with Crippen LogP contribution in [0.25, 0.3) is 0 Å². The molecular formula is C22H19ClN2O4S. The van der Waals surface area contributed by atoms with Gasteiger partial charge < -0.3 is 5.32 Å². The molecule has 1 N–H and O–H groups in total. The Morgan fingerprint density at radius 3 is 2.30 bits per heavy atom. The number of rotatable bonds is 6. The van der Waals surface area contributed by atoms with Crippen molar-refractivity contribution in [2.24, 2.45) is 0 Å². The summed E-state index contributed by atoms with van der Waals surface area (Å²) >= 11 is 6.19. The number of carbonyl (C=O) groups excluding carboxylic acids is 2. The Kier molecular flexibility index (Phi) is 6.24. The number of nitrogens with one attached hydrogen (secondary N) is 1. The SMILES string of the molecule is CC(=O)c1cccc(NC(=O)c2cc(N(C)S(=O)(=O)c3ccccc3)ccc2Cl)c1. The topological polar surface area (TPSA) is 83.6 Å². The van der Waals surface area contributed by atoms with E-state index in [1.165, 1.54) is 44.3 Å². The Labute approximate surface area is 180 Å². The summed E-state index contributed by atoms with van der Waals surface area (Å²) in [6.45, 7) is 1.43. The molecule has 0 heterocycles. The van der Waals surface area contributed by atoms with E-state index in [0.29, 0.717) is 11.3 Å². The highest BCUT2D eigenvalue weighted by Crippen LogP contribution is 2.27. The number of carbonyl (C=O) groups is 2. The maximum Gasteiger partial charge on any atom is 0.264 e. The van der Waals surface area contributed by atoms with E-state index < -0.39 is 15.9 Å². The number of benzene rings is 3. The first-order valence-electron chi connectivity index (χ1n) is 8.96. The molecule has 3 aromatic rings. The van der Waals surface area contributed by atoms with Gasteiger partial charge in [0.05, 0.1) is 21.2 Å². The van der Waals surface area contributed by atoms with Crippen LogP contribution in [0.15, 0.2) is 77.7 Å². The predicted octanol–water partition coefficient (Wildman–Crippen LogP) is 4.62. The van der Waals surface area contributed by atoms with Gasteiger partial charge >= 0.3 is 0 Å². The second-order valence-electron chi connectivity index (χ2n) is 6.54. The number of anilines is 2. The van der Waals surface area contributed by atoms with E-state index in [4.69, 9.17) is 11.6 Å². The molecule has 0 bridgehead atoms. The van der Waals surface area contributed by atoms with E-state index in [1.54, 1.807) is 42.5 Å². The number of Topliss-reactive ketones (excluding diaryl/α,β-unsaturated/α-hetero) is 1. The Bertz CT molecular complexity index is 1210. The smallest absolute Gasteiger partial charge is 0.264 e. The van der Waals surface area contributed by atoms with Gasteiger partial charge in [-0.3, -0.25) is 13.9 Å². The summed E-state index contributed by atoms with van der Waals surface area (Å²) < 4.78 is 26.8. The second kappa shape index (κ2) is 8.69. The fourth-order valence-corrected chi connectivity index (χ4v) is 4.20. The zero-order valence-electron chi connectivity index (χ0n) is 16.3. The molecule has 0 spiro atoms. The zero-order valence-corrected chi connectivity index (χ0v) is 17.9. The summed E-state index contributed by atoms with van der Waals surface area (Å²) in [5.74, 6) is -0.646. The van der Waals surface area contributed by atoms with Crippen molar-refractivity contribution in [3.63, 3.8) is 0 Å². The average Bonchev–Trinajstić information content (AvgIpc) is 2.74. The fraction of sp³-hybridized carbons (Fsp3) is 0.0909. The molecule has 0 unspecified atom stereocenters. The van der Waals surface area contributed by atoms with E-state index in [-0.39, 0.29) is 27.0 Å². The molecule has 0 aliphatic rings. The van der Waals surface area contributed by atoms with Gasteiger partial charge in [-0.15, -0.1) is 0 Å². The molecular weight excluding hydrogens is 424 g/mol. The zero-order chi connectivity index (χ0) is 21.9. The van der Waals surface area contributed by atoms with Gasteiger partial charge in [0, 0.05) is 18.3 Å². The fourth-order valence-electron chi connectivity index (χ4n) is 2.79. The Balaban J connectivity index is 1.91. The first-order valence-corrected chi connectivity index (χ1v) is 10.8. The maximum atomic E-state index is 12.9. The third-order valence-electron chi connectivity index (χ3n) is 4.49. The molecule has 1 amide bonds. The molecule has 0 aliphatic heterocycles. The van der Waals surface area contributed by atoms with Crippen molar-refractivity contribution in [1.82, 2.24) is 0 Å². The summed E-state index contributed by atoms with van der Waals surface area (Å²) in [6, 6.07) is 18.9. The van der Waals surface area contributed by atoms with Gasteiger partial charge in [0.2, 0.25) is 0 Å². The monoisotopic (exact) mass is 442 g/mol. The van der Waals surface area contributed by atoms with Crippen LogP contribution in [0.4, 0.5) is 11.4 Å². The molecule has 30 heavy (non-hydrogen) atoms. The Hall–Kier alpha value is -3.16. The first kappa shape index (κ1) is 21.5. The predicted molar refractivity (Wildman–Crippen MR) is 118 cm³/mol. The van der Waals surface area contributed by atoms with Crippen LogP contribution in [0.5, 0.6) is 0 Å². The molecule has 0 saturated heterocycles. The average molecular weight is 443 g/mol. The van der Waals surface area contributed by atoms with Crippen LogP contribution >= 0.6 is 11.6 Å². The summed E-state index contributed by atoms with van der Waals surface area (Å²) in [7, 11) is -2.39. The summed E-state index contributed by atoms with van der Waals surface area (Å²) in [5, 5.41) is 2.86. The van der Waals surface area contributed by atoms with Crippen LogP contribution < -0.4 is 9.62 Å². The van der Waals surface area contributed by atoms with E-state index >= 15 is 0 Å². The van der Waals surface area contributed by atoms with E-state index in [2.05, 4.69) is 5.32 Å². The van der Waals surface area contributed by atoms with Crippen molar-refractivity contribution in [2.75, 3.05) is 16.7 Å². The highest BCUT2D eigenvalue weighted by molar-refractivity contribution is 7.92. The quantitative estimate of drug-likeness (QED) is 0.564. The number of sulfonamides is 1. The Morgan fingerprint density at radius 2 is 1.63 bits per heavy atom. The highest BCUT2D eigenvalue weighted by Gasteiger charge is 2.22. The minimum atomic E-state index is -3.80. The summed E-state index contributed by atoms with van der Waals surface area (Å²) in [6.07, 6.45) is 0. The molecule has 3 rings (SSSR count). The van der Waals surface area contributed by atoms with Crippen LogP contribution in [-0.4, -0.2) is 27.2 Å². The van der Waals surface area contributed by atoms with Gasteiger partial charge in [0.25, 0.3) is 15.9 Å². The van der Waals surface area contributed by atoms with Gasteiger partial charge in [-0.25, -0.2) is 8.42 Å². The lowest BCUT2D eigenvalue weighted by atomic mass is 10.1. The molecule has 0 atom stereocenters. The number of hydrogen-bond donors (Lipinski definition) is 1. The molecule has 0 aliphatic carbocycles.